The van der Waals surface area contributed by atoms with E-state index in [0.29, 0.717) is 10.7 Å². The highest BCUT2D eigenvalue weighted by molar-refractivity contribution is 6.31. The number of nitrogen functional groups attached to an aromatic ring is 1. The number of methoxy groups -OCH3 is 1. The van der Waals surface area contributed by atoms with Gasteiger partial charge in [-0.15, -0.1) is 0 Å². The number of rotatable bonds is 3. The third-order valence-corrected chi connectivity index (χ3v) is 2.63. The predicted octanol–water partition coefficient (Wildman–Crippen LogP) is 3.67. The Labute approximate surface area is 105 Å². The van der Waals surface area contributed by atoms with Crippen molar-refractivity contribution in [3.05, 3.63) is 47.5 Å². The lowest BCUT2D eigenvalue weighted by Crippen LogP contribution is -1.98. The monoisotopic (exact) mass is 248 g/mol. The van der Waals surface area contributed by atoms with Gasteiger partial charge in [0.15, 0.2) is 0 Å². The molecule has 17 heavy (non-hydrogen) atoms. The normalized spacial score (nSPS) is 10.0. The van der Waals surface area contributed by atoms with Crippen molar-refractivity contribution < 1.29 is 4.74 Å². The lowest BCUT2D eigenvalue weighted by molar-refractivity contribution is 0.417. The van der Waals surface area contributed by atoms with E-state index in [2.05, 4.69) is 5.32 Å². The summed E-state index contributed by atoms with van der Waals surface area (Å²) in [5, 5.41) is 3.83. The molecule has 0 aromatic heterocycles. The molecule has 0 aliphatic carbocycles. The largest absolute Gasteiger partial charge is 0.495 e. The van der Waals surface area contributed by atoms with Crippen LogP contribution in [0.5, 0.6) is 5.75 Å². The second-order valence-corrected chi connectivity index (χ2v) is 3.99. The van der Waals surface area contributed by atoms with Crippen LogP contribution in [0.1, 0.15) is 0 Å². The van der Waals surface area contributed by atoms with E-state index in [9.17, 15) is 0 Å². The highest BCUT2D eigenvalue weighted by atomic mass is 35.5. The Hall–Kier alpha value is -1.87. The smallest absolute Gasteiger partial charge is 0.142 e. The predicted molar refractivity (Wildman–Crippen MR) is 72.1 cm³/mol. The van der Waals surface area contributed by atoms with E-state index >= 15 is 0 Å². The fraction of sp³-hybridized carbons (Fsp3) is 0.0769. The molecule has 0 atom stereocenters. The van der Waals surface area contributed by atoms with Crippen molar-refractivity contribution in [1.29, 1.82) is 0 Å². The maximum Gasteiger partial charge on any atom is 0.142 e. The number of hydrogen-bond donors (Lipinski definition) is 2. The van der Waals surface area contributed by atoms with Crippen molar-refractivity contribution >= 4 is 28.7 Å². The number of para-hydroxylation sites is 2. The minimum absolute atomic E-state index is 0.636. The molecule has 2 aromatic carbocycles. The van der Waals surface area contributed by atoms with Crippen LogP contribution in [0.25, 0.3) is 0 Å². The lowest BCUT2D eigenvalue weighted by atomic mass is 10.2. The van der Waals surface area contributed by atoms with E-state index in [1.165, 1.54) is 0 Å². The Morgan fingerprint density at radius 1 is 1.12 bits per heavy atom. The molecule has 0 aliphatic heterocycles. The van der Waals surface area contributed by atoms with Gasteiger partial charge in [-0.1, -0.05) is 23.7 Å². The van der Waals surface area contributed by atoms with E-state index in [1.54, 1.807) is 25.3 Å². The van der Waals surface area contributed by atoms with E-state index in [4.69, 9.17) is 22.1 Å². The maximum absolute atomic E-state index is 5.93. The zero-order valence-electron chi connectivity index (χ0n) is 9.41. The molecule has 0 amide bonds. The minimum atomic E-state index is 0.636. The van der Waals surface area contributed by atoms with Gasteiger partial charge in [0, 0.05) is 5.02 Å². The average molecular weight is 249 g/mol. The first-order valence-electron chi connectivity index (χ1n) is 5.16. The quantitative estimate of drug-likeness (QED) is 0.815. The summed E-state index contributed by atoms with van der Waals surface area (Å²) in [4.78, 5) is 0. The molecule has 4 heteroatoms. The van der Waals surface area contributed by atoms with Crippen LogP contribution in [-0.4, -0.2) is 7.11 Å². The summed E-state index contributed by atoms with van der Waals surface area (Å²) < 4.78 is 5.25. The molecule has 3 N–H and O–H groups in total. The van der Waals surface area contributed by atoms with E-state index in [0.717, 1.165) is 17.1 Å². The number of hydrogen-bond acceptors (Lipinski definition) is 3. The summed E-state index contributed by atoms with van der Waals surface area (Å²) in [6.07, 6.45) is 0. The van der Waals surface area contributed by atoms with Gasteiger partial charge in [-0.3, -0.25) is 0 Å². The average Bonchev–Trinajstić information content (AvgIpc) is 2.34. The summed E-state index contributed by atoms with van der Waals surface area (Å²) >= 11 is 5.93. The zero-order chi connectivity index (χ0) is 12.3. The maximum atomic E-state index is 5.93. The number of nitrogens with two attached hydrogens (primary N) is 1. The molecule has 0 radical (unpaired) electrons. The van der Waals surface area contributed by atoms with Crippen LogP contribution in [0, 0.1) is 0 Å². The van der Waals surface area contributed by atoms with Crippen molar-refractivity contribution in [2.24, 2.45) is 0 Å². The van der Waals surface area contributed by atoms with Crippen molar-refractivity contribution in [2.75, 3.05) is 18.2 Å². The SMILES string of the molecule is COc1ccccc1Nc1cc(Cl)ccc1N. The molecule has 3 nitrogen and oxygen atoms in total. The van der Waals surface area contributed by atoms with Gasteiger partial charge >= 0.3 is 0 Å². The zero-order valence-corrected chi connectivity index (χ0v) is 10.2. The van der Waals surface area contributed by atoms with Crippen LogP contribution in [0.3, 0.4) is 0 Å². The molecule has 0 fully saturated rings. The summed E-state index contributed by atoms with van der Waals surface area (Å²) in [7, 11) is 1.63. The van der Waals surface area contributed by atoms with Crippen LogP contribution in [-0.2, 0) is 0 Å². The Bertz CT molecular complexity index is 529. The van der Waals surface area contributed by atoms with Crippen molar-refractivity contribution in [3.8, 4) is 5.75 Å². The van der Waals surface area contributed by atoms with Crippen molar-refractivity contribution in [2.45, 2.75) is 0 Å². The van der Waals surface area contributed by atoms with Gasteiger partial charge in [0.25, 0.3) is 0 Å². The molecule has 0 aliphatic rings. The second kappa shape index (κ2) is 4.97. The molecule has 0 saturated carbocycles. The molecule has 0 bridgehead atoms. The van der Waals surface area contributed by atoms with Crippen molar-refractivity contribution in [3.63, 3.8) is 0 Å². The number of benzene rings is 2. The number of nitrogens with one attached hydrogen (secondary N) is 1. The summed E-state index contributed by atoms with van der Waals surface area (Å²) in [5.41, 5.74) is 8.12. The molecule has 0 saturated heterocycles. The van der Waals surface area contributed by atoms with E-state index in [-0.39, 0.29) is 0 Å². The van der Waals surface area contributed by atoms with Crippen LogP contribution in [0.4, 0.5) is 17.1 Å². The third-order valence-electron chi connectivity index (χ3n) is 2.39. The molecular weight excluding hydrogens is 236 g/mol. The molecular formula is C13H13ClN2O. The Balaban J connectivity index is 2.34. The van der Waals surface area contributed by atoms with Gasteiger partial charge in [0.2, 0.25) is 0 Å². The Morgan fingerprint density at radius 2 is 1.88 bits per heavy atom. The highest BCUT2D eigenvalue weighted by Gasteiger charge is 2.04. The van der Waals surface area contributed by atoms with Crippen LogP contribution in [0.2, 0.25) is 5.02 Å². The standard InChI is InChI=1S/C13H13ClN2O/c1-17-13-5-3-2-4-11(13)16-12-8-9(14)6-7-10(12)15/h2-8,16H,15H2,1H3. The molecule has 88 valence electrons. The summed E-state index contributed by atoms with van der Waals surface area (Å²) in [5.74, 6) is 0.756. The first kappa shape index (κ1) is 11.6. The van der Waals surface area contributed by atoms with Gasteiger partial charge in [0.05, 0.1) is 24.2 Å². The molecule has 0 spiro atoms. The van der Waals surface area contributed by atoms with Gasteiger partial charge in [-0.2, -0.15) is 0 Å². The van der Waals surface area contributed by atoms with Crippen LogP contribution in [0.15, 0.2) is 42.5 Å². The van der Waals surface area contributed by atoms with Crippen molar-refractivity contribution in [1.82, 2.24) is 0 Å². The fourth-order valence-corrected chi connectivity index (χ4v) is 1.70. The Kier molecular flexibility index (Phi) is 3.40. The molecule has 0 heterocycles. The summed E-state index contributed by atoms with van der Waals surface area (Å²) in [6, 6.07) is 12.9. The number of halogens is 1. The Morgan fingerprint density at radius 3 is 2.65 bits per heavy atom. The fourth-order valence-electron chi connectivity index (χ4n) is 1.53. The van der Waals surface area contributed by atoms with Gasteiger partial charge in [-0.05, 0) is 30.3 Å². The first-order valence-corrected chi connectivity index (χ1v) is 5.53. The molecule has 2 rings (SSSR count). The van der Waals surface area contributed by atoms with E-state index in [1.807, 2.05) is 24.3 Å². The molecule has 0 unspecified atom stereocenters. The van der Waals surface area contributed by atoms with Gasteiger partial charge < -0.3 is 15.8 Å². The topological polar surface area (TPSA) is 47.3 Å². The first-order chi connectivity index (χ1) is 8.20. The van der Waals surface area contributed by atoms with E-state index < -0.39 is 0 Å². The number of ether oxygens (including phenoxy) is 1. The van der Waals surface area contributed by atoms with Crippen LogP contribution >= 0.6 is 11.6 Å². The molecule has 2 aromatic rings. The highest BCUT2D eigenvalue weighted by Crippen LogP contribution is 2.31. The van der Waals surface area contributed by atoms with Gasteiger partial charge in [0.1, 0.15) is 5.75 Å². The lowest BCUT2D eigenvalue weighted by Gasteiger charge is -2.12. The number of anilines is 3. The van der Waals surface area contributed by atoms with Crippen LogP contribution < -0.4 is 15.8 Å². The third kappa shape index (κ3) is 2.63. The second-order valence-electron chi connectivity index (χ2n) is 3.56. The minimum Gasteiger partial charge on any atom is -0.495 e. The summed E-state index contributed by atoms with van der Waals surface area (Å²) in [6.45, 7) is 0. The van der Waals surface area contributed by atoms with Gasteiger partial charge in [-0.25, -0.2) is 0 Å².